The standard InChI is InChI=1S/C20H15BrN2O5S/c1-2-27-15-10-11(8-13-17(24)22-20(29)23-18(13)25)9-14(21)16(15)28-19(26)12-6-4-3-5-7-12/h3-10H,2H2,1H3,(H2,22,23,24,25,29). The molecule has 0 bridgehead atoms. The molecule has 2 N–H and O–H groups in total. The van der Waals surface area contributed by atoms with Gasteiger partial charge in [0.1, 0.15) is 5.57 Å². The molecule has 2 aromatic carbocycles. The van der Waals surface area contributed by atoms with Gasteiger partial charge in [-0.2, -0.15) is 0 Å². The second-order valence-electron chi connectivity index (χ2n) is 5.81. The van der Waals surface area contributed by atoms with Crippen LogP contribution in [0.25, 0.3) is 6.08 Å². The van der Waals surface area contributed by atoms with Gasteiger partial charge in [0.25, 0.3) is 11.8 Å². The second-order valence-corrected chi connectivity index (χ2v) is 7.08. The molecule has 7 nitrogen and oxygen atoms in total. The molecule has 0 saturated carbocycles. The smallest absolute Gasteiger partial charge is 0.343 e. The Hall–Kier alpha value is -3.04. The van der Waals surface area contributed by atoms with Crippen LogP contribution in [0.5, 0.6) is 11.5 Å². The first-order chi connectivity index (χ1) is 13.9. The summed E-state index contributed by atoms with van der Waals surface area (Å²) in [5.74, 6) is -1.27. The van der Waals surface area contributed by atoms with Crippen molar-refractivity contribution in [1.29, 1.82) is 0 Å². The van der Waals surface area contributed by atoms with Crippen molar-refractivity contribution in [3.05, 3.63) is 63.6 Å². The zero-order chi connectivity index (χ0) is 21.0. The van der Waals surface area contributed by atoms with Gasteiger partial charge < -0.3 is 9.47 Å². The zero-order valence-electron chi connectivity index (χ0n) is 15.2. The summed E-state index contributed by atoms with van der Waals surface area (Å²) in [4.78, 5) is 36.5. The van der Waals surface area contributed by atoms with Crippen LogP contribution in [0, 0.1) is 0 Å². The van der Waals surface area contributed by atoms with E-state index in [2.05, 4.69) is 26.6 Å². The molecule has 9 heteroatoms. The van der Waals surface area contributed by atoms with Crippen LogP contribution in [0.2, 0.25) is 0 Å². The van der Waals surface area contributed by atoms with Crippen molar-refractivity contribution in [2.45, 2.75) is 6.92 Å². The molecule has 148 valence electrons. The fraction of sp³-hybridized carbons (Fsp3) is 0.100. The Kier molecular flexibility index (Phi) is 6.40. The number of carbonyl (C=O) groups excluding carboxylic acids is 3. The third kappa shape index (κ3) is 4.87. The second kappa shape index (κ2) is 8.97. The van der Waals surface area contributed by atoms with Crippen LogP contribution >= 0.6 is 28.1 Å². The summed E-state index contributed by atoms with van der Waals surface area (Å²) >= 11 is 8.15. The SMILES string of the molecule is CCOc1cc(C=C2C(=O)NC(=S)NC2=O)cc(Br)c1OC(=O)c1ccccc1. The molecule has 3 rings (SSSR count). The van der Waals surface area contributed by atoms with Crippen molar-refractivity contribution in [2.75, 3.05) is 6.61 Å². The fourth-order valence-corrected chi connectivity index (χ4v) is 3.26. The Bertz CT molecular complexity index is 1010. The maximum Gasteiger partial charge on any atom is 0.343 e. The lowest BCUT2D eigenvalue weighted by Gasteiger charge is -2.17. The van der Waals surface area contributed by atoms with Crippen LogP contribution in [0.15, 0.2) is 52.5 Å². The minimum atomic E-state index is -0.604. The van der Waals surface area contributed by atoms with E-state index in [1.54, 1.807) is 49.4 Å². The highest BCUT2D eigenvalue weighted by Gasteiger charge is 2.26. The summed E-state index contributed by atoms with van der Waals surface area (Å²) in [5.41, 5.74) is 0.773. The van der Waals surface area contributed by atoms with E-state index in [1.165, 1.54) is 6.08 Å². The average molecular weight is 475 g/mol. The lowest BCUT2D eigenvalue weighted by Crippen LogP contribution is -2.51. The number of rotatable bonds is 5. The Labute approximate surface area is 180 Å². The number of hydrogen-bond donors (Lipinski definition) is 2. The first-order valence-electron chi connectivity index (χ1n) is 8.51. The van der Waals surface area contributed by atoms with Gasteiger partial charge in [-0.3, -0.25) is 20.2 Å². The van der Waals surface area contributed by atoms with Gasteiger partial charge in [0.05, 0.1) is 16.6 Å². The van der Waals surface area contributed by atoms with Gasteiger partial charge in [-0.15, -0.1) is 0 Å². The molecule has 0 spiro atoms. The highest BCUT2D eigenvalue weighted by Crippen LogP contribution is 2.38. The number of benzene rings is 2. The van der Waals surface area contributed by atoms with Gasteiger partial charge in [-0.25, -0.2) is 4.79 Å². The molecule has 2 aromatic rings. The van der Waals surface area contributed by atoms with E-state index in [0.29, 0.717) is 22.2 Å². The first-order valence-corrected chi connectivity index (χ1v) is 9.71. The molecular weight excluding hydrogens is 460 g/mol. The van der Waals surface area contributed by atoms with E-state index in [0.717, 1.165) is 0 Å². The average Bonchev–Trinajstić information content (AvgIpc) is 2.68. The van der Waals surface area contributed by atoms with Crippen LogP contribution in [-0.2, 0) is 9.59 Å². The van der Waals surface area contributed by atoms with E-state index in [1.807, 2.05) is 0 Å². The molecule has 1 aliphatic heterocycles. The number of esters is 1. The fourth-order valence-electron chi connectivity index (χ4n) is 2.53. The predicted octanol–water partition coefficient (Wildman–Crippen LogP) is 2.98. The largest absolute Gasteiger partial charge is 0.490 e. The Balaban J connectivity index is 1.95. The molecule has 29 heavy (non-hydrogen) atoms. The number of halogens is 1. The zero-order valence-corrected chi connectivity index (χ0v) is 17.6. The summed E-state index contributed by atoms with van der Waals surface area (Å²) in [6.45, 7) is 2.10. The molecule has 1 saturated heterocycles. The van der Waals surface area contributed by atoms with Gasteiger partial charge in [-0.1, -0.05) is 18.2 Å². The topological polar surface area (TPSA) is 93.7 Å². The van der Waals surface area contributed by atoms with Crippen LogP contribution in [0.3, 0.4) is 0 Å². The van der Waals surface area contributed by atoms with E-state index < -0.39 is 17.8 Å². The van der Waals surface area contributed by atoms with Crippen molar-refractivity contribution in [3.8, 4) is 11.5 Å². The van der Waals surface area contributed by atoms with E-state index in [9.17, 15) is 14.4 Å². The highest BCUT2D eigenvalue weighted by atomic mass is 79.9. The van der Waals surface area contributed by atoms with E-state index in [4.69, 9.17) is 21.7 Å². The molecule has 0 unspecified atom stereocenters. The molecular formula is C20H15BrN2O5S. The van der Waals surface area contributed by atoms with Crippen LogP contribution in [-0.4, -0.2) is 29.5 Å². The van der Waals surface area contributed by atoms with Crippen molar-refractivity contribution >= 4 is 57.1 Å². The van der Waals surface area contributed by atoms with Crippen LogP contribution < -0.4 is 20.1 Å². The Morgan fingerprint density at radius 1 is 1.14 bits per heavy atom. The summed E-state index contributed by atoms with van der Waals surface area (Å²) in [6.07, 6.45) is 1.39. The minimum Gasteiger partial charge on any atom is -0.490 e. The third-order valence-electron chi connectivity index (χ3n) is 3.79. The molecule has 0 atom stereocenters. The predicted molar refractivity (Wildman–Crippen MR) is 114 cm³/mol. The van der Waals surface area contributed by atoms with Gasteiger partial charge in [-0.05, 0) is 71.0 Å². The van der Waals surface area contributed by atoms with Crippen molar-refractivity contribution in [2.24, 2.45) is 0 Å². The van der Waals surface area contributed by atoms with Gasteiger partial charge in [0.15, 0.2) is 16.6 Å². The van der Waals surface area contributed by atoms with Gasteiger partial charge in [0.2, 0.25) is 0 Å². The summed E-state index contributed by atoms with van der Waals surface area (Å²) < 4.78 is 11.5. The Morgan fingerprint density at radius 2 is 1.79 bits per heavy atom. The molecule has 1 aliphatic rings. The normalized spacial score (nSPS) is 13.4. The van der Waals surface area contributed by atoms with Gasteiger partial charge in [0, 0.05) is 0 Å². The maximum absolute atomic E-state index is 12.4. The molecule has 1 fully saturated rings. The lowest BCUT2D eigenvalue weighted by atomic mass is 10.1. The number of ether oxygens (including phenoxy) is 2. The molecule has 0 radical (unpaired) electrons. The molecule has 0 aromatic heterocycles. The highest BCUT2D eigenvalue weighted by molar-refractivity contribution is 9.10. The van der Waals surface area contributed by atoms with Crippen molar-refractivity contribution < 1.29 is 23.9 Å². The summed E-state index contributed by atoms with van der Waals surface area (Å²) in [6, 6.07) is 11.7. The first kappa shape index (κ1) is 20.7. The number of carbonyl (C=O) groups is 3. The Morgan fingerprint density at radius 3 is 2.41 bits per heavy atom. The van der Waals surface area contributed by atoms with E-state index in [-0.39, 0.29) is 22.2 Å². The molecule has 0 aliphatic carbocycles. The summed E-state index contributed by atoms with van der Waals surface area (Å²) in [7, 11) is 0. The monoisotopic (exact) mass is 474 g/mol. The quantitative estimate of drug-likeness (QED) is 0.227. The molecule has 1 heterocycles. The number of thiocarbonyl (C=S) groups is 1. The number of hydrogen-bond acceptors (Lipinski definition) is 6. The maximum atomic E-state index is 12.4. The number of nitrogens with one attached hydrogen (secondary N) is 2. The van der Waals surface area contributed by atoms with Crippen LogP contribution in [0.1, 0.15) is 22.8 Å². The third-order valence-corrected chi connectivity index (χ3v) is 4.58. The summed E-state index contributed by atoms with van der Waals surface area (Å²) in [5, 5.41) is 4.70. The van der Waals surface area contributed by atoms with Crippen LogP contribution in [0.4, 0.5) is 0 Å². The van der Waals surface area contributed by atoms with Crippen molar-refractivity contribution in [1.82, 2.24) is 10.6 Å². The van der Waals surface area contributed by atoms with E-state index >= 15 is 0 Å². The minimum absolute atomic E-state index is 0.0449. The van der Waals surface area contributed by atoms with Gasteiger partial charge >= 0.3 is 5.97 Å². The van der Waals surface area contributed by atoms with Crippen molar-refractivity contribution in [3.63, 3.8) is 0 Å². The molecule has 2 amide bonds. The lowest BCUT2D eigenvalue weighted by molar-refractivity contribution is -0.123. The number of amides is 2.